The number of hydrogen-bond acceptors (Lipinski definition) is 4. The van der Waals surface area contributed by atoms with Crippen LogP contribution in [0.15, 0.2) is 24.3 Å². The van der Waals surface area contributed by atoms with Crippen molar-refractivity contribution in [2.45, 2.75) is 12.5 Å². The Morgan fingerprint density at radius 3 is 2.55 bits per heavy atom. The summed E-state index contributed by atoms with van der Waals surface area (Å²) in [6.07, 6.45) is 2.54. The van der Waals surface area contributed by atoms with Gasteiger partial charge in [0.05, 0.1) is 5.69 Å². The van der Waals surface area contributed by atoms with Crippen LogP contribution in [-0.4, -0.2) is 35.9 Å². The fraction of sp³-hybridized carbons (Fsp3) is 0.308. The molecule has 0 aliphatic carbocycles. The average molecular weight is 293 g/mol. The molecule has 1 unspecified atom stereocenters. The summed E-state index contributed by atoms with van der Waals surface area (Å²) in [7, 11) is 0. The van der Waals surface area contributed by atoms with E-state index >= 15 is 0 Å². The Bertz CT molecular complexity index is 544. The van der Waals surface area contributed by atoms with E-state index in [1.54, 1.807) is 11.8 Å². The number of amides is 4. The second kappa shape index (κ2) is 5.96. The van der Waals surface area contributed by atoms with E-state index < -0.39 is 18.0 Å². The largest absolute Gasteiger partial charge is 0.366 e. The van der Waals surface area contributed by atoms with Gasteiger partial charge in [-0.25, -0.2) is 9.69 Å². The summed E-state index contributed by atoms with van der Waals surface area (Å²) in [4.78, 5) is 36.1. The molecule has 1 atom stereocenters. The first kappa shape index (κ1) is 14.4. The molecule has 1 heterocycles. The first-order valence-electron chi connectivity index (χ1n) is 6.08. The summed E-state index contributed by atoms with van der Waals surface area (Å²) in [6.45, 7) is 0. The minimum absolute atomic E-state index is 0.268. The van der Waals surface area contributed by atoms with Gasteiger partial charge in [0.15, 0.2) is 0 Å². The molecule has 0 bridgehead atoms. The van der Waals surface area contributed by atoms with Crippen LogP contribution in [0.3, 0.4) is 0 Å². The molecular formula is C13H15N3O3S. The predicted octanol–water partition coefficient (Wildman–Crippen LogP) is 0.963. The molecule has 6 nitrogen and oxygen atoms in total. The summed E-state index contributed by atoms with van der Waals surface area (Å²) >= 11 is 1.62. The van der Waals surface area contributed by atoms with Crippen LogP contribution in [0.1, 0.15) is 16.8 Å². The maximum absolute atomic E-state index is 12.2. The highest BCUT2D eigenvalue weighted by Crippen LogP contribution is 2.21. The zero-order valence-corrected chi connectivity index (χ0v) is 11.8. The van der Waals surface area contributed by atoms with Gasteiger partial charge in [-0.1, -0.05) is 0 Å². The lowest BCUT2D eigenvalue weighted by atomic mass is 10.1. The second-order valence-electron chi connectivity index (χ2n) is 4.37. The highest BCUT2D eigenvalue weighted by atomic mass is 32.2. The van der Waals surface area contributed by atoms with Crippen molar-refractivity contribution in [3.8, 4) is 0 Å². The Hall–Kier alpha value is -2.02. The lowest BCUT2D eigenvalue weighted by Gasteiger charge is -2.13. The number of nitrogens with zero attached hydrogens (tertiary/aromatic N) is 1. The third kappa shape index (κ3) is 2.77. The first-order chi connectivity index (χ1) is 9.54. The van der Waals surface area contributed by atoms with Crippen molar-refractivity contribution in [1.29, 1.82) is 0 Å². The van der Waals surface area contributed by atoms with E-state index in [1.807, 2.05) is 6.26 Å². The SMILES string of the molecule is CSCCC1NC(=O)N(c2ccc(C(N)=O)cc2)C1=O. The predicted molar refractivity (Wildman–Crippen MR) is 77.8 cm³/mol. The van der Waals surface area contributed by atoms with E-state index in [0.717, 1.165) is 10.7 Å². The maximum Gasteiger partial charge on any atom is 0.329 e. The number of carbonyl (C=O) groups excluding carboxylic acids is 3. The molecular weight excluding hydrogens is 278 g/mol. The number of benzene rings is 1. The number of rotatable bonds is 5. The van der Waals surface area contributed by atoms with Gasteiger partial charge in [0.1, 0.15) is 6.04 Å². The van der Waals surface area contributed by atoms with Crippen LogP contribution in [0.5, 0.6) is 0 Å². The second-order valence-corrected chi connectivity index (χ2v) is 5.35. The summed E-state index contributed by atoms with van der Waals surface area (Å²) in [5.74, 6) is -0.0204. The molecule has 7 heteroatoms. The minimum Gasteiger partial charge on any atom is -0.366 e. The Kier molecular flexibility index (Phi) is 4.29. The number of carbonyl (C=O) groups is 3. The molecule has 0 aromatic heterocycles. The number of anilines is 1. The van der Waals surface area contributed by atoms with Crippen LogP contribution in [-0.2, 0) is 4.79 Å². The molecule has 1 saturated heterocycles. The molecule has 106 valence electrons. The van der Waals surface area contributed by atoms with E-state index in [0.29, 0.717) is 17.7 Å². The lowest BCUT2D eigenvalue weighted by Crippen LogP contribution is -2.31. The molecule has 0 spiro atoms. The molecule has 0 radical (unpaired) electrons. The molecule has 4 amide bonds. The first-order valence-corrected chi connectivity index (χ1v) is 7.47. The van der Waals surface area contributed by atoms with Crippen molar-refractivity contribution in [1.82, 2.24) is 5.32 Å². The van der Waals surface area contributed by atoms with Crippen LogP contribution < -0.4 is 16.0 Å². The molecule has 20 heavy (non-hydrogen) atoms. The summed E-state index contributed by atoms with van der Waals surface area (Å²) in [6, 6.07) is 5.14. The van der Waals surface area contributed by atoms with Gasteiger partial charge in [0.2, 0.25) is 5.91 Å². The van der Waals surface area contributed by atoms with E-state index in [1.165, 1.54) is 24.3 Å². The standard InChI is InChI=1S/C13H15N3O3S/c1-20-7-6-10-12(18)16(13(19)15-10)9-4-2-8(3-5-9)11(14)17/h2-5,10H,6-7H2,1H3,(H2,14,17)(H,15,19). The number of nitrogens with two attached hydrogens (primary N) is 1. The molecule has 1 aliphatic rings. The normalized spacial score (nSPS) is 18.2. The van der Waals surface area contributed by atoms with Crippen molar-refractivity contribution >= 4 is 35.3 Å². The Morgan fingerprint density at radius 1 is 1.35 bits per heavy atom. The van der Waals surface area contributed by atoms with Crippen molar-refractivity contribution in [3.05, 3.63) is 29.8 Å². The van der Waals surface area contributed by atoms with Crippen LogP contribution in [0, 0.1) is 0 Å². The fourth-order valence-corrected chi connectivity index (χ4v) is 2.45. The molecule has 2 rings (SSSR count). The molecule has 1 aliphatic heterocycles. The van der Waals surface area contributed by atoms with Gasteiger partial charge in [-0.15, -0.1) is 0 Å². The van der Waals surface area contributed by atoms with Crippen LogP contribution in [0.25, 0.3) is 0 Å². The third-order valence-corrected chi connectivity index (χ3v) is 3.68. The summed E-state index contributed by atoms with van der Waals surface area (Å²) in [5, 5.41) is 2.66. The van der Waals surface area contributed by atoms with E-state index in [2.05, 4.69) is 5.32 Å². The zero-order chi connectivity index (χ0) is 14.7. The molecule has 1 aromatic carbocycles. The molecule has 0 saturated carbocycles. The van der Waals surface area contributed by atoms with Crippen LogP contribution >= 0.6 is 11.8 Å². The van der Waals surface area contributed by atoms with Crippen molar-refractivity contribution < 1.29 is 14.4 Å². The van der Waals surface area contributed by atoms with Gasteiger partial charge in [-0.2, -0.15) is 11.8 Å². The Morgan fingerprint density at radius 2 is 2.00 bits per heavy atom. The smallest absolute Gasteiger partial charge is 0.329 e. The Balaban J connectivity index is 2.17. The van der Waals surface area contributed by atoms with Gasteiger partial charge in [0, 0.05) is 5.56 Å². The number of urea groups is 1. The monoisotopic (exact) mass is 293 g/mol. The topological polar surface area (TPSA) is 92.5 Å². The average Bonchev–Trinajstić information content (AvgIpc) is 2.71. The molecule has 3 N–H and O–H groups in total. The summed E-state index contributed by atoms with van der Waals surface area (Å²) in [5.41, 5.74) is 5.92. The maximum atomic E-state index is 12.2. The number of primary amides is 1. The van der Waals surface area contributed by atoms with Crippen molar-refractivity contribution in [3.63, 3.8) is 0 Å². The fourth-order valence-electron chi connectivity index (χ4n) is 1.98. The number of hydrogen-bond donors (Lipinski definition) is 2. The van der Waals surface area contributed by atoms with Gasteiger partial charge in [0.25, 0.3) is 5.91 Å². The minimum atomic E-state index is -0.549. The third-order valence-electron chi connectivity index (χ3n) is 3.04. The number of thioether (sulfide) groups is 1. The van der Waals surface area contributed by atoms with Crippen LogP contribution in [0.2, 0.25) is 0 Å². The van der Waals surface area contributed by atoms with Gasteiger partial charge in [-0.05, 0) is 42.7 Å². The highest BCUT2D eigenvalue weighted by Gasteiger charge is 2.38. The van der Waals surface area contributed by atoms with Crippen LogP contribution in [0.4, 0.5) is 10.5 Å². The van der Waals surface area contributed by atoms with E-state index in [9.17, 15) is 14.4 Å². The lowest BCUT2D eigenvalue weighted by molar-refractivity contribution is -0.118. The van der Waals surface area contributed by atoms with E-state index in [4.69, 9.17) is 5.73 Å². The number of imide groups is 1. The molecule has 1 fully saturated rings. The Labute approximate surface area is 120 Å². The number of nitrogens with one attached hydrogen (secondary N) is 1. The van der Waals surface area contributed by atoms with Crippen molar-refractivity contribution in [2.75, 3.05) is 16.9 Å². The van der Waals surface area contributed by atoms with Gasteiger partial charge < -0.3 is 11.1 Å². The zero-order valence-electron chi connectivity index (χ0n) is 11.0. The van der Waals surface area contributed by atoms with Crippen molar-refractivity contribution in [2.24, 2.45) is 5.73 Å². The van der Waals surface area contributed by atoms with Gasteiger partial charge in [-0.3, -0.25) is 9.59 Å². The summed E-state index contributed by atoms with van der Waals surface area (Å²) < 4.78 is 0. The van der Waals surface area contributed by atoms with E-state index in [-0.39, 0.29) is 5.91 Å². The van der Waals surface area contributed by atoms with Gasteiger partial charge >= 0.3 is 6.03 Å². The quantitative estimate of drug-likeness (QED) is 0.791. The highest BCUT2D eigenvalue weighted by molar-refractivity contribution is 7.98. The molecule has 1 aromatic rings.